The smallest absolute Gasteiger partial charge is 0.357 e. The Morgan fingerprint density at radius 3 is 2.50 bits per heavy atom. The van der Waals surface area contributed by atoms with E-state index in [0.717, 1.165) is 24.4 Å². The Hall–Kier alpha value is -3.20. The summed E-state index contributed by atoms with van der Waals surface area (Å²) in [6, 6.07) is 8.49. The molecule has 0 bridgehead atoms. The summed E-state index contributed by atoms with van der Waals surface area (Å²) < 4.78 is 69.1. The van der Waals surface area contributed by atoms with Gasteiger partial charge in [0, 0.05) is 0 Å². The molecule has 1 heterocycles. The van der Waals surface area contributed by atoms with Crippen LogP contribution < -0.4 is 0 Å². The van der Waals surface area contributed by atoms with Crippen molar-refractivity contribution in [1.29, 1.82) is 0 Å². The zero-order valence-corrected chi connectivity index (χ0v) is 16.1. The van der Waals surface area contributed by atoms with Crippen LogP contribution in [0.15, 0.2) is 60.4 Å². The zero-order valence-electron chi connectivity index (χ0n) is 15.3. The number of aromatic nitrogens is 2. The number of oxime groups is 1. The molecule has 0 spiro atoms. The second-order valence-electron chi connectivity index (χ2n) is 6.08. The molecule has 0 aliphatic rings. The fourth-order valence-electron chi connectivity index (χ4n) is 2.69. The molecule has 0 aliphatic carbocycles. The first-order valence-electron chi connectivity index (χ1n) is 8.36. The predicted molar refractivity (Wildman–Crippen MR) is 102 cm³/mol. The molecule has 4 nitrogen and oxygen atoms in total. The van der Waals surface area contributed by atoms with Crippen LogP contribution in [0.5, 0.6) is 0 Å². The Kier molecular flexibility index (Phi) is 5.93. The minimum Gasteiger partial charge on any atom is -0.357 e. The molecule has 0 fully saturated rings. The molecule has 0 atom stereocenters. The highest BCUT2D eigenvalue weighted by Gasteiger charge is 2.40. The van der Waals surface area contributed by atoms with Gasteiger partial charge in [-0.3, -0.25) is 0 Å². The average molecular weight is 442 g/mol. The van der Waals surface area contributed by atoms with Crippen LogP contribution in [0.2, 0.25) is 5.02 Å². The van der Waals surface area contributed by atoms with Crippen LogP contribution in [0.1, 0.15) is 23.7 Å². The van der Waals surface area contributed by atoms with Crippen molar-refractivity contribution >= 4 is 23.1 Å². The lowest BCUT2D eigenvalue weighted by molar-refractivity contribution is -0.143. The minimum absolute atomic E-state index is 0.00895. The molecule has 0 N–H and O–H groups in total. The fourth-order valence-corrected chi connectivity index (χ4v) is 2.99. The third-order valence-corrected chi connectivity index (χ3v) is 4.32. The normalized spacial score (nSPS) is 12.2. The van der Waals surface area contributed by atoms with Gasteiger partial charge in [0.05, 0.1) is 33.7 Å². The average Bonchev–Trinajstić information content (AvgIpc) is 3.12. The second-order valence-corrected chi connectivity index (χ2v) is 6.49. The summed E-state index contributed by atoms with van der Waals surface area (Å²) >= 11 is 5.93. The molecule has 0 amide bonds. The molecule has 3 rings (SSSR count). The molecule has 2 aromatic carbocycles. The Balaban J connectivity index is 1.97. The molecule has 0 aliphatic heterocycles. The Bertz CT molecular complexity index is 1120. The maximum atomic E-state index is 14.0. The molecule has 30 heavy (non-hydrogen) atoms. The van der Waals surface area contributed by atoms with Gasteiger partial charge in [-0.25, -0.2) is 13.5 Å². The topological polar surface area (TPSA) is 39.4 Å². The van der Waals surface area contributed by atoms with Crippen LogP contribution in [0, 0.1) is 11.6 Å². The number of nitrogens with zero attached hydrogens (tertiary/aromatic N) is 3. The summed E-state index contributed by atoms with van der Waals surface area (Å²) in [7, 11) is 0. The maximum Gasteiger partial charge on any atom is 0.434 e. The molecule has 0 saturated carbocycles. The SMILES string of the molecule is C=C(O/N=C(\C)c1c(F)cccc1Cl)c1cnn(-c2cccc(F)c2)c1C(F)(F)F. The first-order valence-corrected chi connectivity index (χ1v) is 8.74. The van der Waals surface area contributed by atoms with E-state index in [0.29, 0.717) is 4.68 Å². The van der Waals surface area contributed by atoms with Gasteiger partial charge in [0.2, 0.25) is 0 Å². The van der Waals surface area contributed by atoms with Crippen molar-refractivity contribution in [2.75, 3.05) is 0 Å². The molecule has 156 valence electrons. The van der Waals surface area contributed by atoms with Gasteiger partial charge < -0.3 is 4.84 Å². The van der Waals surface area contributed by atoms with E-state index in [1.807, 2.05) is 0 Å². The Morgan fingerprint density at radius 1 is 1.17 bits per heavy atom. The third-order valence-electron chi connectivity index (χ3n) is 4.01. The van der Waals surface area contributed by atoms with Crippen molar-refractivity contribution in [3.8, 4) is 5.69 Å². The predicted octanol–water partition coefficient (Wildman–Crippen LogP) is 6.23. The first kappa shape index (κ1) is 21.5. The van der Waals surface area contributed by atoms with Crippen LogP contribution in [-0.4, -0.2) is 15.5 Å². The second kappa shape index (κ2) is 8.27. The van der Waals surface area contributed by atoms with Crippen LogP contribution in [0.4, 0.5) is 22.0 Å². The van der Waals surface area contributed by atoms with Gasteiger partial charge in [0.1, 0.15) is 11.6 Å². The van der Waals surface area contributed by atoms with Crippen molar-refractivity contribution < 1.29 is 26.8 Å². The summed E-state index contributed by atoms with van der Waals surface area (Å²) in [6.45, 7) is 4.82. The van der Waals surface area contributed by atoms with Gasteiger partial charge in [-0.1, -0.05) is 35.5 Å². The van der Waals surface area contributed by atoms with Crippen LogP contribution >= 0.6 is 11.6 Å². The van der Waals surface area contributed by atoms with Gasteiger partial charge in [0.25, 0.3) is 0 Å². The lowest BCUT2D eigenvalue weighted by Gasteiger charge is -2.13. The molecule has 10 heteroatoms. The van der Waals surface area contributed by atoms with Crippen LogP contribution in [0.3, 0.4) is 0 Å². The molecule has 0 unspecified atom stereocenters. The Labute approximate surface area is 172 Å². The van der Waals surface area contributed by atoms with Crippen molar-refractivity contribution in [3.05, 3.63) is 88.7 Å². The van der Waals surface area contributed by atoms with E-state index in [4.69, 9.17) is 16.4 Å². The molecule has 1 aromatic heterocycles. The van der Waals surface area contributed by atoms with E-state index in [1.54, 1.807) is 0 Å². The molecule has 0 radical (unpaired) electrons. The van der Waals surface area contributed by atoms with Crippen molar-refractivity contribution in [3.63, 3.8) is 0 Å². The highest BCUT2D eigenvalue weighted by Crippen LogP contribution is 2.36. The van der Waals surface area contributed by atoms with E-state index in [1.165, 1.54) is 31.2 Å². The summed E-state index contributed by atoms with van der Waals surface area (Å²) in [5.41, 5.74) is -1.94. The maximum absolute atomic E-state index is 14.0. The standard InChI is InChI=1S/C20H13ClF5N3O/c1-11(18-16(21)7-4-8-17(18)23)28-30-12(2)15-10-27-29(19(15)20(24,25)26)14-6-3-5-13(22)9-14/h3-10H,2H2,1H3/b28-11+. The summed E-state index contributed by atoms with van der Waals surface area (Å²) in [6.07, 6.45) is -3.99. The van der Waals surface area contributed by atoms with Crippen LogP contribution in [0.25, 0.3) is 11.4 Å². The molecular weight excluding hydrogens is 429 g/mol. The summed E-state index contributed by atoms with van der Waals surface area (Å²) in [5.74, 6) is -1.89. The number of alkyl halides is 3. The van der Waals surface area contributed by atoms with Gasteiger partial charge in [-0.15, -0.1) is 0 Å². The van der Waals surface area contributed by atoms with Crippen molar-refractivity contribution in [1.82, 2.24) is 9.78 Å². The Morgan fingerprint density at radius 2 is 1.87 bits per heavy atom. The van der Waals surface area contributed by atoms with Crippen molar-refractivity contribution in [2.45, 2.75) is 13.1 Å². The highest BCUT2D eigenvalue weighted by atomic mass is 35.5. The van der Waals surface area contributed by atoms with Gasteiger partial charge in [0.15, 0.2) is 11.5 Å². The van der Waals surface area contributed by atoms with E-state index in [2.05, 4.69) is 16.8 Å². The number of benzene rings is 2. The van der Waals surface area contributed by atoms with Gasteiger partial charge in [-0.05, 0) is 37.3 Å². The van der Waals surface area contributed by atoms with E-state index < -0.39 is 34.8 Å². The number of halogens is 6. The summed E-state index contributed by atoms with van der Waals surface area (Å²) in [4.78, 5) is 5.00. The van der Waals surface area contributed by atoms with E-state index >= 15 is 0 Å². The number of hydrogen-bond acceptors (Lipinski definition) is 3. The molecular formula is C20H13ClF5N3O. The van der Waals surface area contributed by atoms with Crippen LogP contribution in [-0.2, 0) is 11.0 Å². The molecule has 0 saturated heterocycles. The quantitative estimate of drug-likeness (QED) is 0.204. The largest absolute Gasteiger partial charge is 0.434 e. The lowest BCUT2D eigenvalue weighted by Crippen LogP contribution is -2.15. The van der Waals surface area contributed by atoms with Gasteiger partial charge >= 0.3 is 6.18 Å². The minimum atomic E-state index is -4.86. The number of rotatable bonds is 5. The van der Waals surface area contributed by atoms with Crippen molar-refractivity contribution in [2.24, 2.45) is 5.16 Å². The summed E-state index contributed by atoms with van der Waals surface area (Å²) in [5, 5.41) is 7.38. The van der Waals surface area contributed by atoms with E-state index in [-0.39, 0.29) is 22.0 Å². The zero-order chi connectivity index (χ0) is 22.1. The third kappa shape index (κ3) is 4.35. The lowest BCUT2D eigenvalue weighted by atomic mass is 10.1. The van der Waals surface area contributed by atoms with E-state index in [9.17, 15) is 22.0 Å². The van der Waals surface area contributed by atoms with Gasteiger partial charge in [-0.2, -0.15) is 18.3 Å². The molecule has 3 aromatic rings. The number of hydrogen-bond donors (Lipinski definition) is 0. The fraction of sp³-hybridized carbons (Fsp3) is 0.100. The highest BCUT2D eigenvalue weighted by molar-refractivity contribution is 6.34. The first-order chi connectivity index (χ1) is 14.1. The monoisotopic (exact) mass is 441 g/mol.